The lowest BCUT2D eigenvalue weighted by Gasteiger charge is -2.31. The maximum atomic E-state index is 14.3. The summed E-state index contributed by atoms with van der Waals surface area (Å²) in [7, 11) is 0. The minimum Gasteiger partial charge on any atom is -0.387 e. The molecular formula is C51H43Cl3F8N8O6S2. The van der Waals surface area contributed by atoms with E-state index in [9.17, 15) is 54.3 Å². The maximum absolute atomic E-state index is 14.3. The number of aromatic nitrogens is 4. The molecule has 0 aliphatic carbocycles. The number of rotatable bonds is 10. The largest absolute Gasteiger partial charge is 0.421 e. The molecule has 8 heterocycles. The first-order chi connectivity index (χ1) is 37.0. The summed E-state index contributed by atoms with van der Waals surface area (Å²) in [6.45, 7) is 2.00. The van der Waals surface area contributed by atoms with Gasteiger partial charge in [0.05, 0.1) is 36.5 Å². The van der Waals surface area contributed by atoms with Crippen LogP contribution >= 0.6 is 57.5 Å². The quantitative estimate of drug-likeness (QED) is 0.123. The predicted octanol–water partition coefficient (Wildman–Crippen LogP) is 11.7. The van der Waals surface area contributed by atoms with E-state index in [-0.39, 0.29) is 43.7 Å². The molecule has 412 valence electrons. The van der Waals surface area contributed by atoms with Gasteiger partial charge in [0.1, 0.15) is 47.3 Å². The Kier molecular flexibility index (Phi) is 16.8. The number of halogens is 11. The molecule has 78 heavy (non-hydrogen) atoms. The number of piperidine rings is 2. The van der Waals surface area contributed by atoms with Crippen molar-refractivity contribution in [2.45, 2.75) is 94.9 Å². The first-order valence-electron chi connectivity index (χ1n) is 24.1. The molecule has 27 heteroatoms. The number of hydrogen-bond donors (Lipinski definition) is 0. The number of carbonyl (C=O) groups is 2. The molecule has 4 aromatic heterocycles. The van der Waals surface area contributed by atoms with Gasteiger partial charge in [-0.3, -0.25) is 19.2 Å². The molecule has 0 bridgehead atoms. The number of thiazole rings is 2. The Morgan fingerprint density at radius 1 is 0.654 bits per heavy atom. The summed E-state index contributed by atoms with van der Waals surface area (Å²) in [5.41, 5.74) is -2.01. The van der Waals surface area contributed by atoms with Gasteiger partial charge in [-0.15, -0.1) is 22.7 Å². The fourth-order valence-electron chi connectivity index (χ4n) is 9.45. The number of aryl methyl sites for hydroxylation is 1. The highest BCUT2D eigenvalue weighted by Crippen LogP contribution is 2.39. The second-order valence-corrected chi connectivity index (χ2v) is 21.7. The highest BCUT2D eigenvalue weighted by molar-refractivity contribution is 7.10. The zero-order valence-electron chi connectivity index (χ0n) is 40.7. The van der Waals surface area contributed by atoms with Crippen molar-refractivity contribution in [3.05, 3.63) is 168 Å². The average molecular weight is 1190 g/mol. The van der Waals surface area contributed by atoms with Gasteiger partial charge in [0.15, 0.2) is 12.2 Å². The standard InChI is InChI=1S/C26H23ClF4N4O3S.C25H20Cl2F4N4O3S/c1-14-5-6-16(26(29,30)31)25(37)35(14)12-22(36)34-9-7-15(8-10-34)24-32-20(13-39-24)19-11-21(38-33-19)23-17(27)3-2-4-18(23)28;26-14-8-15(25(29,30)31)24(37)35(10-14)11-21(36)34-6-4-13(5-7-34)23-32-19(12-39-23)18-9-20(38-33-18)22-16(27)2-1-3-17(22)28/h2-6,13,15,21H,7-12H2,1H3;1-3,8,10,12-13,20H,4-7,9,11H2. The highest BCUT2D eigenvalue weighted by atomic mass is 35.5. The number of benzene rings is 2. The fourth-order valence-corrected chi connectivity index (χ4v) is 12.3. The third-order valence-electron chi connectivity index (χ3n) is 13.7. The van der Waals surface area contributed by atoms with Crippen LogP contribution in [-0.4, -0.2) is 78.3 Å². The van der Waals surface area contributed by atoms with E-state index in [0.29, 0.717) is 98.1 Å². The molecule has 2 amide bonds. The van der Waals surface area contributed by atoms with Crippen LogP contribution in [0.4, 0.5) is 35.1 Å². The van der Waals surface area contributed by atoms with Crippen molar-refractivity contribution in [1.29, 1.82) is 0 Å². The second kappa shape index (κ2) is 23.2. The number of hydrogen-bond acceptors (Lipinski definition) is 12. The minimum atomic E-state index is -4.88. The van der Waals surface area contributed by atoms with Crippen LogP contribution in [0, 0.1) is 18.6 Å². The van der Waals surface area contributed by atoms with E-state index in [1.165, 1.54) is 64.8 Å². The third-order valence-corrected chi connectivity index (χ3v) is 16.5. The highest BCUT2D eigenvalue weighted by Gasteiger charge is 2.38. The Bertz CT molecular complexity index is 3400. The number of likely N-dealkylation sites (tertiary alicyclic amines) is 2. The van der Waals surface area contributed by atoms with Gasteiger partial charge in [-0.25, -0.2) is 18.7 Å². The lowest BCUT2D eigenvalue weighted by molar-refractivity contribution is -0.140. The van der Waals surface area contributed by atoms with Crippen LogP contribution in [0.2, 0.25) is 15.1 Å². The Labute approximate surface area is 461 Å². The van der Waals surface area contributed by atoms with Crippen molar-refractivity contribution in [3.63, 3.8) is 0 Å². The molecule has 14 nitrogen and oxygen atoms in total. The first kappa shape index (κ1) is 56.5. The Morgan fingerprint density at radius 3 is 1.56 bits per heavy atom. The molecule has 2 saturated heterocycles. The molecule has 2 atom stereocenters. The van der Waals surface area contributed by atoms with Crippen molar-refractivity contribution < 1.29 is 54.4 Å². The van der Waals surface area contributed by atoms with Crippen LogP contribution in [0.1, 0.15) is 112 Å². The van der Waals surface area contributed by atoms with Gasteiger partial charge < -0.3 is 28.6 Å². The monoisotopic (exact) mass is 1180 g/mol. The fraction of sp³-hybridized carbons (Fsp3) is 0.373. The van der Waals surface area contributed by atoms with E-state index in [2.05, 4.69) is 10.3 Å². The molecule has 0 saturated carbocycles. The van der Waals surface area contributed by atoms with Gasteiger partial charge in [-0.05, 0) is 75.1 Å². The van der Waals surface area contributed by atoms with E-state index < -0.39 is 83.3 Å². The number of oxime groups is 2. The van der Waals surface area contributed by atoms with Gasteiger partial charge in [0, 0.05) is 84.6 Å². The van der Waals surface area contributed by atoms with Crippen LogP contribution in [0.15, 0.2) is 91.5 Å². The smallest absolute Gasteiger partial charge is 0.387 e. The molecule has 6 aromatic rings. The van der Waals surface area contributed by atoms with E-state index in [0.717, 1.165) is 26.8 Å². The number of amides is 2. The summed E-state index contributed by atoms with van der Waals surface area (Å²) in [5, 5.41) is 13.9. The van der Waals surface area contributed by atoms with Crippen LogP contribution in [0.5, 0.6) is 0 Å². The SMILES string of the molecule is Cc1ccc(C(F)(F)F)c(=O)n1CC(=O)N1CCC(c2nc(C3=NOC(c4c(F)cccc4Cl)C3)cs2)CC1.O=C(Cn1cc(Cl)cc(C(F)(F)F)c1=O)N1CCC(c2nc(C3=NOC(c4c(F)cccc4Cl)C3)cs2)CC1. The van der Waals surface area contributed by atoms with E-state index >= 15 is 0 Å². The van der Waals surface area contributed by atoms with E-state index in [1.54, 1.807) is 17.0 Å². The van der Waals surface area contributed by atoms with E-state index in [4.69, 9.17) is 54.4 Å². The van der Waals surface area contributed by atoms with Crippen molar-refractivity contribution in [3.8, 4) is 0 Å². The molecule has 2 fully saturated rings. The maximum Gasteiger partial charge on any atom is 0.421 e. The summed E-state index contributed by atoms with van der Waals surface area (Å²) < 4.78 is 109. The van der Waals surface area contributed by atoms with Crippen LogP contribution in [0.25, 0.3) is 0 Å². The Balaban J connectivity index is 0.000000190. The molecule has 2 unspecified atom stereocenters. The lowest BCUT2D eigenvalue weighted by Crippen LogP contribution is -2.42. The van der Waals surface area contributed by atoms with Crippen molar-refractivity contribution >= 4 is 80.7 Å². The first-order valence-corrected chi connectivity index (χ1v) is 27.0. The number of pyridine rings is 2. The molecule has 2 aromatic carbocycles. The molecule has 10 rings (SSSR count). The normalized spacial score (nSPS) is 18.3. The minimum absolute atomic E-state index is 0.0678. The Hall–Kier alpha value is -6.21. The van der Waals surface area contributed by atoms with E-state index in [1.807, 2.05) is 10.8 Å². The van der Waals surface area contributed by atoms with Gasteiger partial charge in [0.25, 0.3) is 11.1 Å². The number of alkyl halides is 6. The zero-order valence-corrected chi connectivity index (χ0v) is 44.6. The molecule has 0 N–H and O–H groups in total. The van der Waals surface area contributed by atoms with Gasteiger partial charge >= 0.3 is 12.4 Å². The third kappa shape index (κ3) is 12.5. The number of carbonyl (C=O) groups excluding carboxylic acids is 2. The molecule has 0 radical (unpaired) electrons. The summed E-state index contributed by atoms with van der Waals surface area (Å²) in [6, 6.07) is 11.3. The van der Waals surface area contributed by atoms with Crippen LogP contribution < -0.4 is 11.1 Å². The van der Waals surface area contributed by atoms with Crippen molar-refractivity contribution in [2.75, 3.05) is 26.2 Å². The summed E-state index contributed by atoms with van der Waals surface area (Å²) >= 11 is 21.0. The zero-order chi connectivity index (χ0) is 55.8. The van der Waals surface area contributed by atoms with Gasteiger partial charge in [-0.1, -0.05) is 57.2 Å². The summed E-state index contributed by atoms with van der Waals surface area (Å²) in [4.78, 5) is 73.6. The number of nitrogens with zero attached hydrogens (tertiary/aromatic N) is 8. The molecule has 4 aliphatic heterocycles. The van der Waals surface area contributed by atoms with Crippen LogP contribution in [0.3, 0.4) is 0 Å². The van der Waals surface area contributed by atoms with Crippen molar-refractivity contribution in [1.82, 2.24) is 28.9 Å². The second-order valence-electron chi connectivity index (χ2n) is 18.7. The summed E-state index contributed by atoms with van der Waals surface area (Å²) in [6.07, 6.45) is -6.87. The summed E-state index contributed by atoms with van der Waals surface area (Å²) in [5.74, 6) is -1.65. The lowest BCUT2D eigenvalue weighted by atomic mass is 9.97. The predicted molar refractivity (Wildman–Crippen MR) is 275 cm³/mol. The topological polar surface area (TPSA) is 154 Å². The van der Waals surface area contributed by atoms with Gasteiger partial charge in [-0.2, -0.15) is 26.3 Å². The van der Waals surface area contributed by atoms with Gasteiger partial charge in [0.2, 0.25) is 11.8 Å². The van der Waals surface area contributed by atoms with Crippen molar-refractivity contribution in [2.24, 2.45) is 10.3 Å². The van der Waals surface area contributed by atoms with Crippen LogP contribution in [-0.2, 0) is 44.7 Å². The molecular weight excluding hydrogens is 1140 g/mol. The molecule has 4 aliphatic rings. The Morgan fingerprint density at radius 2 is 1.12 bits per heavy atom. The average Bonchev–Trinajstić information content (AvgIpc) is 4.25. The molecule has 0 spiro atoms.